The molecule has 1 saturated heterocycles. The average molecular weight is 394 g/mol. The largest absolute Gasteiger partial charge is 0.354 e. The predicted octanol–water partition coefficient (Wildman–Crippen LogP) is 1.66. The van der Waals surface area contributed by atoms with Crippen LogP contribution in [0.25, 0.3) is 0 Å². The second kappa shape index (κ2) is 7.77. The molecule has 1 aliphatic heterocycles. The van der Waals surface area contributed by atoms with Crippen LogP contribution in [-0.2, 0) is 16.6 Å². The van der Waals surface area contributed by atoms with Crippen molar-refractivity contribution in [3.05, 3.63) is 52.1 Å². The third-order valence-electron chi connectivity index (χ3n) is 4.66. The van der Waals surface area contributed by atoms with Gasteiger partial charge in [-0.05, 0) is 56.5 Å². The van der Waals surface area contributed by atoms with Crippen LogP contribution in [0.2, 0.25) is 0 Å². The van der Waals surface area contributed by atoms with Crippen molar-refractivity contribution >= 4 is 15.8 Å². The molecule has 0 radical (unpaired) electrons. The molecule has 1 aliphatic rings. The van der Waals surface area contributed by atoms with Gasteiger partial charge in [0.1, 0.15) is 11.6 Å². The van der Waals surface area contributed by atoms with Crippen molar-refractivity contribution in [2.75, 3.05) is 18.0 Å². The maximum atomic E-state index is 13.4. The van der Waals surface area contributed by atoms with Crippen LogP contribution in [0.5, 0.6) is 0 Å². The number of aromatic nitrogens is 2. The van der Waals surface area contributed by atoms with Gasteiger partial charge >= 0.3 is 0 Å². The van der Waals surface area contributed by atoms with Gasteiger partial charge in [-0.2, -0.15) is 5.10 Å². The van der Waals surface area contributed by atoms with E-state index < -0.39 is 15.8 Å². The first-order chi connectivity index (χ1) is 12.8. The van der Waals surface area contributed by atoms with Gasteiger partial charge in [-0.15, -0.1) is 0 Å². The number of hydrogen-bond donors (Lipinski definition) is 1. The lowest BCUT2D eigenvalue weighted by Gasteiger charge is -2.33. The van der Waals surface area contributed by atoms with Gasteiger partial charge in [0.25, 0.3) is 5.56 Å². The van der Waals surface area contributed by atoms with E-state index in [0.717, 1.165) is 19.0 Å². The summed E-state index contributed by atoms with van der Waals surface area (Å²) >= 11 is 0. The molecule has 0 amide bonds. The highest BCUT2D eigenvalue weighted by Gasteiger charge is 2.26. The number of nitrogens with one attached hydrogen (secondary N) is 1. The summed E-state index contributed by atoms with van der Waals surface area (Å²) in [6, 6.07) is 6.60. The van der Waals surface area contributed by atoms with Crippen LogP contribution in [0, 0.1) is 12.7 Å². The molecular weight excluding hydrogens is 371 g/mol. The third-order valence-corrected chi connectivity index (χ3v) is 6.18. The van der Waals surface area contributed by atoms with E-state index in [-0.39, 0.29) is 22.1 Å². The number of rotatable bonds is 5. The summed E-state index contributed by atoms with van der Waals surface area (Å²) in [4.78, 5) is 13.7. The molecule has 2 heterocycles. The first-order valence-electron chi connectivity index (χ1n) is 8.92. The maximum Gasteiger partial charge on any atom is 0.266 e. The molecule has 2 aromatic rings. The van der Waals surface area contributed by atoms with E-state index in [1.54, 1.807) is 6.07 Å². The second-order valence-electron chi connectivity index (χ2n) is 6.66. The predicted molar refractivity (Wildman–Crippen MR) is 101 cm³/mol. The molecule has 1 aromatic carbocycles. The molecular formula is C18H23FN4O3S. The molecule has 1 aromatic heterocycles. The summed E-state index contributed by atoms with van der Waals surface area (Å²) in [6.45, 7) is 5.04. The zero-order chi connectivity index (χ0) is 19.6. The topological polar surface area (TPSA) is 84.3 Å². The van der Waals surface area contributed by atoms with Crippen LogP contribution in [0.15, 0.2) is 40.0 Å². The quantitative estimate of drug-likeness (QED) is 0.834. The number of piperidine rings is 1. The summed E-state index contributed by atoms with van der Waals surface area (Å²) in [7, 11) is -3.74. The Balaban J connectivity index is 1.76. The minimum absolute atomic E-state index is 0.0520. The van der Waals surface area contributed by atoms with Gasteiger partial charge in [-0.3, -0.25) is 4.79 Å². The van der Waals surface area contributed by atoms with Gasteiger partial charge in [0.2, 0.25) is 10.0 Å². The summed E-state index contributed by atoms with van der Waals surface area (Å²) < 4.78 is 42.8. The summed E-state index contributed by atoms with van der Waals surface area (Å²) in [5.74, 6) is 0.216. The van der Waals surface area contributed by atoms with E-state index in [2.05, 4.69) is 9.82 Å². The van der Waals surface area contributed by atoms with Crippen molar-refractivity contribution in [2.24, 2.45) is 0 Å². The molecule has 3 rings (SSSR count). The van der Waals surface area contributed by atoms with E-state index in [4.69, 9.17) is 0 Å². The molecule has 1 unspecified atom stereocenters. The molecule has 0 saturated carbocycles. The van der Waals surface area contributed by atoms with Crippen molar-refractivity contribution in [2.45, 2.75) is 44.2 Å². The Morgan fingerprint density at radius 1 is 1.30 bits per heavy atom. The first kappa shape index (κ1) is 19.5. The van der Waals surface area contributed by atoms with Gasteiger partial charge in [0, 0.05) is 31.7 Å². The minimum atomic E-state index is -3.74. The van der Waals surface area contributed by atoms with Crippen molar-refractivity contribution in [1.29, 1.82) is 0 Å². The van der Waals surface area contributed by atoms with E-state index in [1.807, 2.05) is 11.8 Å². The fourth-order valence-corrected chi connectivity index (χ4v) is 4.53. The lowest BCUT2D eigenvalue weighted by molar-refractivity contribution is 0.460. The highest BCUT2D eigenvalue weighted by molar-refractivity contribution is 7.89. The minimum Gasteiger partial charge on any atom is -0.354 e. The zero-order valence-corrected chi connectivity index (χ0v) is 16.2. The number of anilines is 1. The van der Waals surface area contributed by atoms with Crippen LogP contribution in [0.1, 0.15) is 25.3 Å². The highest BCUT2D eigenvalue weighted by atomic mass is 32.2. The van der Waals surface area contributed by atoms with E-state index in [0.29, 0.717) is 25.3 Å². The van der Waals surface area contributed by atoms with Crippen molar-refractivity contribution in [1.82, 2.24) is 14.5 Å². The fourth-order valence-electron chi connectivity index (χ4n) is 3.19. The summed E-state index contributed by atoms with van der Waals surface area (Å²) in [5, 5.41) is 4.34. The summed E-state index contributed by atoms with van der Waals surface area (Å²) in [5.41, 5.74) is 0.122. The summed E-state index contributed by atoms with van der Waals surface area (Å²) in [6.07, 6.45) is 1.49. The normalized spacial score (nSPS) is 17.9. The Kier molecular flexibility index (Phi) is 5.61. The van der Waals surface area contributed by atoms with Crippen LogP contribution in [0.4, 0.5) is 10.2 Å². The van der Waals surface area contributed by atoms with Crippen molar-refractivity contribution < 1.29 is 12.8 Å². The van der Waals surface area contributed by atoms with Gasteiger partial charge in [0.05, 0.1) is 4.90 Å². The van der Waals surface area contributed by atoms with Gasteiger partial charge < -0.3 is 4.90 Å². The maximum absolute atomic E-state index is 13.4. The number of hydrogen-bond acceptors (Lipinski definition) is 5. The fraction of sp³-hybridized carbons (Fsp3) is 0.444. The Hall–Kier alpha value is -2.26. The monoisotopic (exact) mass is 394 g/mol. The number of sulfonamides is 1. The molecule has 1 fully saturated rings. The van der Waals surface area contributed by atoms with E-state index >= 15 is 0 Å². The van der Waals surface area contributed by atoms with Crippen LogP contribution in [0.3, 0.4) is 0 Å². The Morgan fingerprint density at radius 3 is 2.78 bits per heavy atom. The average Bonchev–Trinajstić information content (AvgIpc) is 2.64. The Morgan fingerprint density at radius 2 is 2.07 bits per heavy atom. The lowest BCUT2D eigenvalue weighted by atomic mass is 10.1. The lowest BCUT2D eigenvalue weighted by Crippen LogP contribution is -2.48. The van der Waals surface area contributed by atoms with Gasteiger partial charge in [-0.1, -0.05) is 0 Å². The first-order valence-corrected chi connectivity index (χ1v) is 10.4. The van der Waals surface area contributed by atoms with Gasteiger partial charge in [-0.25, -0.2) is 22.2 Å². The molecule has 9 heteroatoms. The third kappa shape index (κ3) is 4.36. The Bertz CT molecular complexity index is 990. The molecule has 0 aliphatic carbocycles. The number of halogens is 1. The highest BCUT2D eigenvalue weighted by Crippen LogP contribution is 2.20. The standard InChI is InChI=1S/C18H23FN4O3S/c1-3-23-18(24)9-8-17(20-23)22-10-4-5-14(12-22)21-27(25,26)15-6-7-16(19)13(2)11-15/h6-9,11,14,21H,3-5,10,12H2,1-2H3. The molecule has 27 heavy (non-hydrogen) atoms. The second-order valence-corrected chi connectivity index (χ2v) is 8.38. The van der Waals surface area contributed by atoms with Crippen molar-refractivity contribution in [3.63, 3.8) is 0 Å². The van der Waals surface area contributed by atoms with E-state index in [9.17, 15) is 17.6 Å². The number of nitrogens with zero attached hydrogens (tertiary/aromatic N) is 3. The zero-order valence-electron chi connectivity index (χ0n) is 15.4. The SMILES string of the molecule is CCn1nc(N2CCCC(NS(=O)(=O)c3ccc(F)c(C)c3)C2)ccc1=O. The molecule has 7 nitrogen and oxygen atoms in total. The van der Waals surface area contributed by atoms with Gasteiger partial charge in [0.15, 0.2) is 0 Å². The molecule has 0 bridgehead atoms. The van der Waals surface area contributed by atoms with Crippen LogP contribution in [-0.4, -0.2) is 37.3 Å². The molecule has 1 atom stereocenters. The van der Waals surface area contributed by atoms with Crippen molar-refractivity contribution in [3.8, 4) is 0 Å². The van der Waals surface area contributed by atoms with Crippen LogP contribution >= 0.6 is 0 Å². The van der Waals surface area contributed by atoms with E-state index in [1.165, 1.54) is 29.8 Å². The molecule has 146 valence electrons. The molecule has 0 spiro atoms. The number of benzene rings is 1. The van der Waals surface area contributed by atoms with Crippen LogP contribution < -0.4 is 15.2 Å². The smallest absolute Gasteiger partial charge is 0.266 e. The Labute approximate surface area is 157 Å². The molecule has 1 N–H and O–H groups in total. The number of aryl methyl sites for hydroxylation is 2.